The number of aromatic carboxylic acids is 1. The van der Waals surface area contributed by atoms with E-state index in [4.69, 9.17) is 0 Å². The van der Waals surface area contributed by atoms with Gasteiger partial charge in [-0.05, 0) is 37.3 Å². The first-order valence-corrected chi connectivity index (χ1v) is 8.06. The number of fused-ring (bicyclic) bond motifs is 1. The molecule has 5 heteroatoms. The highest BCUT2D eigenvalue weighted by Crippen LogP contribution is 2.24. The summed E-state index contributed by atoms with van der Waals surface area (Å²) in [6, 6.07) is 1.79. The van der Waals surface area contributed by atoms with Crippen LogP contribution in [0.15, 0.2) is 18.7 Å². The van der Waals surface area contributed by atoms with Gasteiger partial charge in [-0.2, -0.15) is 11.8 Å². The van der Waals surface area contributed by atoms with E-state index in [9.17, 15) is 9.90 Å². The molecule has 0 bridgehead atoms. The highest BCUT2D eigenvalue weighted by Gasteiger charge is 2.18. The molecule has 0 fully saturated rings. The van der Waals surface area contributed by atoms with Gasteiger partial charge in [0.15, 0.2) is 0 Å². The number of carboxylic acids is 1. The smallest absolute Gasteiger partial charge is 0.339 e. The topological polar surface area (TPSA) is 62.2 Å². The third-order valence-electron chi connectivity index (χ3n) is 3.31. The number of carboxylic acid groups (broad SMARTS) is 1. The summed E-state index contributed by atoms with van der Waals surface area (Å²) in [5.41, 5.74) is 2.45. The molecule has 0 spiro atoms. The van der Waals surface area contributed by atoms with Gasteiger partial charge in [0, 0.05) is 23.7 Å². The molecule has 0 amide bonds. The van der Waals surface area contributed by atoms with Crippen LogP contribution in [0, 0.1) is 0 Å². The van der Waals surface area contributed by atoms with Crippen molar-refractivity contribution in [2.45, 2.75) is 25.7 Å². The van der Waals surface area contributed by atoms with E-state index >= 15 is 0 Å². The summed E-state index contributed by atoms with van der Waals surface area (Å²) >= 11 is 1.76. The molecule has 1 aliphatic rings. The van der Waals surface area contributed by atoms with Gasteiger partial charge in [0.1, 0.15) is 11.4 Å². The predicted octanol–water partition coefficient (Wildman–Crippen LogP) is 2.99. The number of nitrogens with one attached hydrogen (secondary N) is 1. The second-order valence-electron chi connectivity index (χ2n) is 4.79. The van der Waals surface area contributed by atoms with Gasteiger partial charge in [-0.1, -0.05) is 6.08 Å². The number of anilines is 1. The Hall–Kier alpha value is -1.49. The van der Waals surface area contributed by atoms with Gasteiger partial charge in [-0.3, -0.25) is 0 Å². The molecular weight excluding hydrogens is 272 g/mol. The molecule has 1 heterocycles. The average Bonchev–Trinajstić information content (AvgIpc) is 2.46. The van der Waals surface area contributed by atoms with Gasteiger partial charge in [0.25, 0.3) is 0 Å². The van der Waals surface area contributed by atoms with E-state index in [-0.39, 0.29) is 0 Å². The predicted molar refractivity (Wildman–Crippen MR) is 83.9 cm³/mol. The summed E-state index contributed by atoms with van der Waals surface area (Å²) in [6.07, 6.45) is 6.03. The number of hydrogen-bond donors (Lipinski definition) is 2. The number of aryl methyl sites for hydroxylation is 2. The third kappa shape index (κ3) is 3.76. The van der Waals surface area contributed by atoms with E-state index in [1.54, 1.807) is 17.8 Å². The molecule has 20 heavy (non-hydrogen) atoms. The Bertz CT molecular complexity index is 503. The monoisotopic (exact) mass is 292 g/mol. The lowest BCUT2D eigenvalue weighted by molar-refractivity contribution is 0.0697. The van der Waals surface area contributed by atoms with Crippen molar-refractivity contribution in [1.82, 2.24) is 4.98 Å². The molecule has 1 aliphatic carbocycles. The van der Waals surface area contributed by atoms with E-state index in [1.807, 2.05) is 6.08 Å². The largest absolute Gasteiger partial charge is 0.478 e. The zero-order chi connectivity index (χ0) is 14.4. The Kier molecular flexibility index (Phi) is 5.47. The zero-order valence-corrected chi connectivity index (χ0v) is 12.3. The Morgan fingerprint density at radius 1 is 1.50 bits per heavy atom. The first-order valence-electron chi connectivity index (χ1n) is 6.91. The number of aromatic nitrogens is 1. The van der Waals surface area contributed by atoms with Crippen molar-refractivity contribution in [2.75, 3.05) is 23.4 Å². The van der Waals surface area contributed by atoms with Crippen molar-refractivity contribution < 1.29 is 9.90 Å². The minimum Gasteiger partial charge on any atom is -0.478 e. The van der Waals surface area contributed by atoms with Crippen LogP contribution < -0.4 is 5.32 Å². The number of hydrogen-bond acceptors (Lipinski definition) is 4. The molecule has 0 saturated heterocycles. The maximum absolute atomic E-state index is 11.3. The molecule has 1 aromatic heterocycles. The van der Waals surface area contributed by atoms with Crippen LogP contribution in [-0.2, 0) is 12.8 Å². The Morgan fingerprint density at radius 2 is 2.30 bits per heavy atom. The minimum atomic E-state index is -0.910. The van der Waals surface area contributed by atoms with Crippen LogP contribution in [0.2, 0.25) is 0 Å². The SMILES string of the molecule is C=CCSCCNc1nc2c(cc1C(=O)O)CCCC2. The maximum atomic E-state index is 11.3. The van der Waals surface area contributed by atoms with Crippen LogP contribution >= 0.6 is 11.8 Å². The highest BCUT2D eigenvalue weighted by molar-refractivity contribution is 7.99. The average molecular weight is 292 g/mol. The van der Waals surface area contributed by atoms with Gasteiger partial charge in [0.05, 0.1) is 0 Å². The fourth-order valence-electron chi connectivity index (χ4n) is 2.34. The quantitative estimate of drug-likeness (QED) is 0.597. The van der Waals surface area contributed by atoms with Crippen LogP contribution in [-0.4, -0.2) is 34.1 Å². The Morgan fingerprint density at radius 3 is 3.05 bits per heavy atom. The molecule has 0 aliphatic heterocycles. The summed E-state index contributed by atoms with van der Waals surface area (Å²) in [5, 5.41) is 12.5. The van der Waals surface area contributed by atoms with Gasteiger partial charge in [-0.15, -0.1) is 6.58 Å². The van der Waals surface area contributed by atoms with E-state index in [0.29, 0.717) is 17.9 Å². The van der Waals surface area contributed by atoms with Crippen molar-refractivity contribution >= 4 is 23.5 Å². The zero-order valence-electron chi connectivity index (χ0n) is 11.5. The molecule has 2 N–H and O–H groups in total. The fraction of sp³-hybridized carbons (Fsp3) is 0.467. The summed E-state index contributed by atoms with van der Waals surface area (Å²) < 4.78 is 0. The van der Waals surface area contributed by atoms with Gasteiger partial charge < -0.3 is 10.4 Å². The molecule has 0 saturated carbocycles. The van der Waals surface area contributed by atoms with E-state index < -0.39 is 5.97 Å². The van der Waals surface area contributed by atoms with Crippen molar-refractivity contribution in [2.24, 2.45) is 0 Å². The van der Waals surface area contributed by atoms with Crippen LogP contribution in [0.25, 0.3) is 0 Å². The van der Waals surface area contributed by atoms with Gasteiger partial charge >= 0.3 is 5.97 Å². The lowest BCUT2D eigenvalue weighted by Gasteiger charge is -2.18. The summed E-state index contributed by atoms with van der Waals surface area (Å²) in [4.78, 5) is 15.9. The first-order chi connectivity index (χ1) is 9.72. The van der Waals surface area contributed by atoms with Crippen LogP contribution in [0.4, 0.5) is 5.82 Å². The van der Waals surface area contributed by atoms with Crippen molar-refractivity contribution in [1.29, 1.82) is 0 Å². The van der Waals surface area contributed by atoms with Gasteiger partial charge in [-0.25, -0.2) is 9.78 Å². The molecule has 0 atom stereocenters. The molecule has 4 nitrogen and oxygen atoms in total. The Balaban J connectivity index is 2.09. The first kappa shape index (κ1) is 14.9. The maximum Gasteiger partial charge on any atom is 0.339 e. The van der Waals surface area contributed by atoms with E-state index in [1.165, 1.54) is 0 Å². The molecule has 2 rings (SSSR count). The number of carbonyl (C=O) groups is 1. The molecule has 1 aromatic rings. The van der Waals surface area contributed by atoms with Gasteiger partial charge in [0.2, 0.25) is 0 Å². The molecule has 0 unspecified atom stereocenters. The summed E-state index contributed by atoms with van der Waals surface area (Å²) in [7, 11) is 0. The second kappa shape index (κ2) is 7.33. The van der Waals surface area contributed by atoms with E-state index in [2.05, 4.69) is 16.9 Å². The lowest BCUT2D eigenvalue weighted by atomic mass is 9.95. The van der Waals surface area contributed by atoms with Crippen molar-refractivity contribution in [3.05, 3.63) is 35.5 Å². The number of nitrogens with zero attached hydrogens (tertiary/aromatic N) is 1. The standard InChI is InChI=1S/C15H20N2O2S/c1-2-8-20-9-7-16-14-12(15(18)19)10-11-5-3-4-6-13(11)17-14/h2,10H,1,3-9H2,(H,16,17)(H,18,19). The van der Waals surface area contributed by atoms with Crippen LogP contribution in [0.5, 0.6) is 0 Å². The molecule has 0 radical (unpaired) electrons. The minimum absolute atomic E-state index is 0.291. The van der Waals surface area contributed by atoms with Crippen molar-refractivity contribution in [3.63, 3.8) is 0 Å². The molecule has 108 valence electrons. The lowest BCUT2D eigenvalue weighted by Crippen LogP contribution is -2.15. The highest BCUT2D eigenvalue weighted by atomic mass is 32.2. The molecular formula is C15H20N2O2S. The second-order valence-corrected chi connectivity index (χ2v) is 5.94. The molecule has 0 aromatic carbocycles. The third-order valence-corrected chi connectivity index (χ3v) is 4.27. The number of rotatable bonds is 7. The normalized spacial score (nSPS) is 13.6. The van der Waals surface area contributed by atoms with Crippen molar-refractivity contribution in [3.8, 4) is 0 Å². The number of pyridine rings is 1. The summed E-state index contributed by atoms with van der Waals surface area (Å²) in [6.45, 7) is 4.38. The van der Waals surface area contributed by atoms with E-state index in [0.717, 1.165) is 48.4 Å². The fourth-order valence-corrected chi connectivity index (χ4v) is 2.92. The summed E-state index contributed by atoms with van der Waals surface area (Å²) in [5.74, 6) is 1.42. The van der Waals surface area contributed by atoms with Crippen LogP contribution in [0.1, 0.15) is 34.5 Å². The number of thioether (sulfide) groups is 1. The van der Waals surface area contributed by atoms with Crippen LogP contribution in [0.3, 0.4) is 0 Å². The Labute approximate surface area is 123 Å².